The number of hydrogen-bond acceptors (Lipinski definition) is 7. The molecule has 0 aliphatic carbocycles. The van der Waals surface area contributed by atoms with E-state index < -0.39 is 6.10 Å². The molecule has 1 unspecified atom stereocenters. The Bertz CT molecular complexity index is 1420. The molecule has 4 heterocycles. The van der Waals surface area contributed by atoms with Crippen molar-refractivity contribution in [2.45, 2.75) is 13.0 Å². The number of benzene rings is 1. The second-order valence-corrected chi connectivity index (χ2v) is 9.18. The molecule has 1 aliphatic rings. The molecule has 0 bridgehead atoms. The molecule has 0 radical (unpaired) electrons. The Labute approximate surface area is 222 Å². The number of nitrogens with zero attached hydrogens (tertiary/aromatic N) is 4. The molecule has 0 saturated carbocycles. The molecule has 12 heteroatoms. The summed E-state index contributed by atoms with van der Waals surface area (Å²) in [6.07, 6.45) is 4.30. The third kappa shape index (κ3) is 5.27. The highest BCUT2D eigenvalue weighted by molar-refractivity contribution is 6.35. The van der Waals surface area contributed by atoms with Crippen LogP contribution in [0.1, 0.15) is 18.6 Å². The van der Waals surface area contributed by atoms with Gasteiger partial charge in [0.15, 0.2) is 0 Å². The summed E-state index contributed by atoms with van der Waals surface area (Å²) in [7, 11) is 1.50. The summed E-state index contributed by atoms with van der Waals surface area (Å²) in [6, 6.07) is 7.13. The summed E-state index contributed by atoms with van der Waals surface area (Å²) in [6.45, 7) is 3.91. The Hall–Kier alpha value is -3.60. The molecule has 2 N–H and O–H groups in total. The van der Waals surface area contributed by atoms with Crippen molar-refractivity contribution in [3.8, 4) is 22.9 Å². The molecular weight excluding hydrogens is 519 g/mol. The van der Waals surface area contributed by atoms with Crippen molar-refractivity contribution in [3.05, 3.63) is 58.5 Å². The van der Waals surface area contributed by atoms with Crippen molar-refractivity contribution in [3.63, 3.8) is 0 Å². The Morgan fingerprint density at radius 3 is 2.65 bits per heavy atom. The van der Waals surface area contributed by atoms with Crippen LogP contribution in [0.5, 0.6) is 11.6 Å². The number of ether oxygens (including phenoxy) is 3. The quantitative estimate of drug-likeness (QED) is 0.338. The number of carbonyl (C=O) groups excluding carboxylic acids is 1. The number of aromatic nitrogens is 4. The Balaban J connectivity index is 1.43. The van der Waals surface area contributed by atoms with Crippen LogP contribution in [0, 0.1) is 0 Å². The van der Waals surface area contributed by atoms with Gasteiger partial charge in [-0.1, -0.05) is 23.2 Å². The van der Waals surface area contributed by atoms with Gasteiger partial charge in [0, 0.05) is 48.2 Å². The summed E-state index contributed by atoms with van der Waals surface area (Å²) in [5.74, 6) is 0.906. The molecule has 1 aliphatic heterocycles. The maximum atomic E-state index is 12.8. The fourth-order valence-electron chi connectivity index (χ4n) is 4.15. The van der Waals surface area contributed by atoms with Crippen LogP contribution < -0.4 is 14.8 Å². The van der Waals surface area contributed by atoms with Crippen molar-refractivity contribution >= 4 is 45.8 Å². The van der Waals surface area contributed by atoms with E-state index in [0.717, 1.165) is 10.9 Å². The van der Waals surface area contributed by atoms with Crippen molar-refractivity contribution in [2.24, 2.45) is 0 Å². The fraction of sp³-hybridized carbons (Fsp3) is 0.280. The maximum Gasteiger partial charge on any atom is 0.322 e. The van der Waals surface area contributed by atoms with Crippen LogP contribution in [0.3, 0.4) is 0 Å². The third-order valence-electron chi connectivity index (χ3n) is 6.00. The van der Waals surface area contributed by atoms with E-state index in [-0.39, 0.29) is 6.03 Å². The molecule has 1 atom stereocenters. The second kappa shape index (κ2) is 10.8. The Morgan fingerprint density at radius 2 is 1.92 bits per heavy atom. The first kappa shape index (κ1) is 25.1. The van der Waals surface area contributed by atoms with Crippen LogP contribution in [0.15, 0.2) is 42.9 Å². The molecule has 37 heavy (non-hydrogen) atoms. The van der Waals surface area contributed by atoms with Crippen molar-refractivity contribution in [1.29, 1.82) is 0 Å². The monoisotopic (exact) mass is 542 g/mol. The second-order valence-electron chi connectivity index (χ2n) is 8.37. The lowest BCUT2D eigenvalue weighted by atomic mass is 10.1. The van der Waals surface area contributed by atoms with Gasteiger partial charge in [0.05, 0.1) is 35.9 Å². The Morgan fingerprint density at radius 1 is 1.16 bits per heavy atom. The number of aromatic amines is 1. The van der Waals surface area contributed by atoms with E-state index in [1.165, 1.54) is 19.5 Å². The van der Waals surface area contributed by atoms with E-state index in [2.05, 4.69) is 25.5 Å². The average molecular weight is 543 g/mol. The molecule has 1 fully saturated rings. The largest absolute Gasteiger partial charge is 0.486 e. The normalized spacial score (nSPS) is 14.4. The van der Waals surface area contributed by atoms with Gasteiger partial charge in [0.25, 0.3) is 0 Å². The van der Waals surface area contributed by atoms with Crippen LogP contribution in [0.2, 0.25) is 10.0 Å². The van der Waals surface area contributed by atoms with Crippen LogP contribution in [-0.2, 0) is 4.74 Å². The molecule has 4 aromatic rings. The number of anilines is 1. The first-order valence-electron chi connectivity index (χ1n) is 11.6. The topological polar surface area (TPSA) is 114 Å². The summed E-state index contributed by atoms with van der Waals surface area (Å²) in [4.78, 5) is 22.8. The summed E-state index contributed by atoms with van der Waals surface area (Å²) >= 11 is 12.6. The number of amides is 2. The number of carbonyl (C=O) groups is 1. The van der Waals surface area contributed by atoms with Gasteiger partial charge < -0.3 is 24.4 Å². The number of pyridine rings is 2. The minimum Gasteiger partial charge on any atom is -0.486 e. The molecule has 192 valence electrons. The average Bonchev–Trinajstić information content (AvgIpc) is 3.32. The number of methoxy groups -OCH3 is 1. The van der Waals surface area contributed by atoms with E-state index in [9.17, 15) is 4.79 Å². The first-order valence-corrected chi connectivity index (χ1v) is 12.3. The summed E-state index contributed by atoms with van der Waals surface area (Å²) in [5, 5.41) is 12.1. The van der Waals surface area contributed by atoms with Gasteiger partial charge in [-0.2, -0.15) is 5.10 Å². The zero-order chi connectivity index (χ0) is 25.9. The van der Waals surface area contributed by atoms with Gasteiger partial charge in [0.2, 0.25) is 5.88 Å². The Kier molecular flexibility index (Phi) is 7.31. The van der Waals surface area contributed by atoms with Gasteiger partial charge in [0.1, 0.15) is 23.2 Å². The number of halogens is 2. The predicted octanol–water partition coefficient (Wildman–Crippen LogP) is 5.34. The molecule has 0 spiro atoms. The van der Waals surface area contributed by atoms with E-state index in [1.807, 2.05) is 25.1 Å². The number of morpholine rings is 1. The van der Waals surface area contributed by atoms with Crippen LogP contribution in [0.25, 0.3) is 22.2 Å². The van der Waals surface area contributed by atoms with Crippen LogP contribution in [-0.4, -0.2) is 64.5 Å². The van der Waals surface area contributed by atoms with E-state index >= 15 is 0 Å². The summed E-state index contributed by atoms with van der Waals surface area (Å²) < 4.78 is 16.9. The fourth-order valence-corrected chi connectivity index (χ4v) is 4.83. The van der Waals surface area contributed by atoms with Crippen LogP contribution >= 0.6 is 23.2 Å². The lowest BCUT2D eigenvalue weighted by molar-refractivity contribution is 0.0564. The minimum atomic E-state index is -0.416. The third-order valence-corrected chi connectivity index (χ3v) is 6.60. The van der Waals surface area contributed by atoms with Gasteiger partial charge >= 0.3 is 6.03 Å². The zero-order valence-electron chi connectivity index (χ0n) is 20.1. The van der Waals surface area contributed by atoms with E-state index in [1.54, 1.807) is 17.2 Å². The molecule has 1 saturated heterocycles. The molecule has 2 amide bonds. The van der Waals surface area contributed by atoms with Gasteiger partial charge in [-0.25, -0.2) is 9.78 Å². The first-order chi connectivity index (χ1) is 17.9. The maximum absolute atomic E-state index is 12.8. The molecule has 1 aromatic carbocycles. The summed E-state index contributed by atoms with van der Waals surface area (Å²) in [5.41, 5.74) is 3.24. The number of urea groups is 1. The number of rotatable bonds is 6. The number of fused-ring (bicyclic) bond motifs is 1. The van der Waals surface area contributed by atoms with E-state index in [0.29, 0.717) is 70.5 Å². The highest BCUT2D eigenvalue weighted by atomic mass is 35.5. The highest BCUT2D eigenvalue weighted by Crippen LogP contribution is 2.36. The smallest absolute Gasteiger partial charge is 0.322 e. The lowest BCUT2D eigenvalue weighted by Crippen LogP contribution is -2.43. The van der Waals surface area contributed by atoms with Crippen molar-refractivity contribution in [1.82, 2.24) is 25.1 Å². The SMILES string of the molecule is COc1ncc(-c2n[nH]c3ccc(OC(C)c4c(Cl)cncc4Cl)cc23)cc1NC(=O)N1CCOCC1. The molecule has 5 rings (SSSR count). The van der Waals surface area contributed by atoms with Gasteiger partial charge in [-0.05, 0) is 31.2 Å². The molecular formula is C25H24Cl2N6O4. The number of nitrogens with one attached hydrogen (secondary N) is 2. The number of hydrogen-bond donors (Lipinski definition) is 2. The standard InChI is InChI=1S/C25H24Cl2N6O4/c1-14(22-18(26)12-28-13-19(22)27)37-16-3-4-20-17(10-16)23(32-31-20)15-9-21(24(35-2)29-11-15)30-25(34)33-5-7-36-8-6-33/h3-4,9-14H,5-8H2,1-2H3,(H,30,34)(H,31,32). The predicted molar refractivity (Wildman–Crippen MR) is 141 cm³/mol. The molecule has 3 aromatic heterocycles. The van der Waals surface area contributed by atoms with Crippen LogP contribution in [0.4, 0.5) is 10.5 Å². The van der Waals surface area contributed by atoms with Gasteiger partial charge in [-0.15, -0.1) is 0 Å². The molecule has 10 nitrogen and oxygen atoms in total. The van der Waals surface area contributed by atoms with Gasteiger partial charge in [-0.3, -0.25) is 10.1 Å². The zero-order valence-corrected chi connectivity index (χ0v) is 21.6. The number of H-pyrrole nitrogens is 1. The van der Waals surface area contributed by atoms with Crippen molar-refractivity contribution < 1.29 is 19.0 Å². The highest BCUT2D eigenvalue weighted by Gasteiger charge is 2.21. The van der Waals surface area contributed by atoms with Crippen molar-refractivity contribution in [2.75, 3.05) is 38.7 Å². The van der Waals surface area contributed by atoms with E-state index in [4.69, 9.17) is 37.4 Å². The lowest BCUT2D eigenvalue weighted by Gasteiger charge is -2.27. The minimum absolute atomic E-state index is 0.245.